The van der Waals surface area contributed by atoms with Crippen molar-refractivity contribution in [2.75, 3.05) is 23.9 Å². The first-order valence-electron chi connectivity index (χ1n) is 3.47. The number of anilines is 2. The van der Waals surface area contributed by atoms with Crippen molar-refractivity contribution in [3.05, 3.63) is 25.1 Å². The Kier molecular flexibility index (Phi) is 1.24. The minimum absolute atomic E-state index is 1.11. The fraction of sp³-hybridized carbons (Fsp3) is 0.250. The van der Waals surface area contributed by atoms with Crippen LogP contribution < -0.4 is 9.80 Å². The van der Waals surface area contributed by atoms with Gasteiger partial charge >= 0.3 is 0 Å². The van der Waals surface area contributed by atoms with E-state index in [1.54, 1.807) is 6.20 Å². The van der Waals surface area contributed by atoms with E-state index in [4.69, 9.17) is 0 Å². The van der Waals surface area contributed by atoms with Gasteiger partial charge < -0.3 is 9.80 Å². The molecule has 0 N–H and O–H groups in total. The van der Waals surface area contributed by atoms with Gasteiger partial charge in [-0.3, -0.25) is 4.98 Å². The molecule has 0 bridgehead atoms. The summed E-state index contributed by atoms with van der Waals surface area (Å²) in [4.78, 5) is 7.92. The van der Waals surface area contributed by atoms with E-state index >= 15 is 0 Å². The molecule has 3 heteroatoms. The van der Waals surface area contributed by atoms with Crippen LogP contribution in [0.15, 0.2) is 18.5 Å². The van der Waals surface area contributed by atoms with Crippen molar-refractivity contribution >= 4 is 11.4 Å². The standard InChI is InChI=1S/C8H9N3/c1-10-6-11(2)8-5-9-4-3-7(8)10/h3-5H,1-2H3. The predicted molar refractivity (Wildman–Crippen MR) is 44.3 cm³/mol. The summed E-state index contributed by atoms with van der Waals surface area (Å²) >= 11 is 0. The summed E-state index contributed by atoms with van der Waals surface area (Å²) in [5.74, 6) is 0. The Bertz CT molecular complexity index is 245. The van der Waals surface area contributed by atoms with Gasteiger partial charge in [0.15, 0.2) is 0 Å². The summed E-state index contributed by atoms with van der Waals surface area (Å²) < 4.78 is 0. The summed E-state index contributed by atoms with van der Waals surface area (Å²) in [6.07, 6.45) is 3.63. The molecule has 1 aromatic heterocycles. The van der Waals surface area contributed by atoms with Crippen molar-refractivity contribution in [2.45, 2.75) is 0 Å². The zero-order valence-corrected chi connectivity index (χ0v) is 6.57. The van der Waals surface area contributed by atoms with Gasteiger partial charge in [-0.25, -0.2) is 0 Å². The highest BCUT2D eigenvalue weighted by Gasteiger charge is 2.21. The first-order valence-corrected chi connectivity index (χ1v) is 3.47. The van der Waals surface area contributed by atoms with Crippen molar-refractivity contribution in [3.8, 4) is 0 Å². The molecule has 2 rings (SSSR count). The summed E-state index contributed by atoms with van der Waals surface area (Å²) in [5.41, 5.74) is 2.26. The maximum Gasteiger partial charge on any atom is 0.208 e. The van der Waals surface area contributed by atoms with Crippen LogP contribution in [0.3, 0.4) is 0 Å². The SMILES string of the molecule is CN1[C]N(C)c2cnccc21. The first-order chi connectivity index (χ1) is 5.29. The fourth-order valence-electron chi connectivity index (χ4n) is 1.25. The van der Waals surface area contributed by atoms with Crippen LogP contribution in [-0.4, -0.2) is 19.1 Å². The molecule has 0 saturated carbocycles. The number of aromatic nitrogens is 1. The predicted octanol–water partition coefficient (Wildman–Crippen LogP) is 0.964. The Morgan fingerprint density at radius 1 is 1.27 bits per heavy atom. The normalized spacial score (nSPS) is 15.5. The molecule has 11 heavy (non-hydrogen) atoms. The third-order valence-corrected chi connectivity index (χ3v) is 1.80. The topological polar surface area (TPSA) is 19.4 Å². The lowest BCUT2D eigenvalue weighted by atomic mass is 10.3. The molecular weight excluding hydrogens is 138 g/mol. The molecule has 0 aromatic carbocycles. The van der Waals surface area contributed by atoms with Gasteiger partial charge in [0.1, 0.15) is 0 Å². The van der Waals surface area contributed by atoms with E-state index in [2.05, 4.69) is 11.7 Å². The van der Waals surface area contributed by atoms with Crippen LogP contribution in [-0.2, 0) is 0 Å². The third-order valence-electron chi connectivity index (χ3n) is 1.80. The van der Waals surface area contributed by atoms with E-state index in [-0.39, 0.29) is 0 Å². The lowest BCUT2D eigenvalue weighted by Gasteiger charge is -2.08. The average Bonchev–Trinajstić information content (AvgIpc) is 2.30. The fourth-order valence-corrected chi connectivity index (χ4v) is 1.25. The minimum Gasteiger partial charge on any atom is -0.343 e. The van der Waals surface area contributed by atoms with Crippen LogP contribution in [0.25, 0.3) is 0 Å². The van der Waals surface area contributed by atoms with E-state index in [9.17, 15) is 0 Å². The molecule has 0 unspecified atom stereocenters. The maximum atomic E-state index is 4.03. The summed E-state index contributed by atoms with van der Waals surface area (Å²) in [6.45, 7) is 3.11. The highest BCUT2D eigenvalue weighted by molar-refractivity contribution is 5.76. The van der Waals surface area contributed by atoms with Crippen molar-refractivity contribution in [2.24, 2.45) is 0 Å². The molecular formula is C8H9N3. The minimum atomic E-state index is 1.11. The molecule has 0 spiro atoms. The molecule has 0 amide bonds. The molecule has 1 aliphatic rings. The van der Waals surface area contributed by atoms with Gasteiger partial charge in [0.25, 0.3) is 0 Å². The number of hydrogen-bond donors (Lipinski definition) is 0. The van der Waals surface area contributed by atoms with E-state index in [1.807, 2.05) is 36.2 Å². The maximum absolute atomic E-state index is 4.03. The van der Waals surface area contributed by atoms with Gasteiger partial charge in [0.05, 0.1) is 17.6 Å². The molecule has 3 nitrogen and oxygen atoms in total. The number of pyridine rings is 1. The van der Waals surface area contributed by atoms with Crippen molar-refractivity contribution in [3.63, 3.8) is 0 Å². The second kappa shape index (κ2) is 2.12. The van der Waals surface area contributed by atoms with Crippen LogP contribution in [0, 0.1) is 6.67 Å². The Hall–Kier alpha value is -1.25. The molecule has 0 aliphatic carbocycles. The molecule has 56 valence electrons. The molecule has 0 saturated heterocycles. The molecule has 1 aromatic rings. The van der Waals surface area contributed by atoms with E-state index in [1.165, 1.54) is 0 Å². The number of hydrogen-bond acceptors (Lipinski definition) is 3. The van der Waals surface area contributed by atoms with Crippen LogP contribution >= 0.6 is 0 Å². The lowest BCUT2D eigenvalue weighted by Crippen LogP contribution is -2.16. The zero-order valence-electron chi connectivity index (χ0n) is 6.57. The van der Waals surface area contributed by atoms with Gasteiger partial charge in [0.2, 0.25) is 6.67 Å². The van der Waals surface area contributed by atoms with Gasteiger partial charge in [-0.1, -0.05) is 0 Å². The molecule has 1 aliphatic heterocycles. The van der Waals surface area contributed by atoms with Gasteiger partial charge in [-0.2, -0.15) is 0 Å². The number of fused-ring (bicyclic) bond motifs is 1. The second-order valence-electron chi connectivity index (χ2n) is 2.58. The van der Waals surface area contributed by atoms with Crippen molar-refractivity contribution in [1.29, 1.82) is 0 Å². The van der Waals surface area contributed by atoms with Crippen molar-refractivity contribution in [1.82, 2.24) is 4.98 Å². The third kappa shape index (κ3) is 0.843. The molecule has 0 fully saturated rings. The number of nitrogens with zero attached hydrogens (tertiary/aromatic N) is 3. The molecule has 2 radical (unpaired) electrons. The highest BCUT2D eigenvalue weighted by Crippen LogP contribution is 2.34. The zero-order chi connectivity index (χ0) is 7.84. The molecule has 0 atom stereocenters. The second-order valence-corrected chi connectivity index (χ2v) is 2.58. The van der Waals surface area contributed by atoms with Crippen LogP contribution in [0.1, 0.15) is 0 Å². The quantitative estimate of drug-likeness (QED) is 0.545. The van der Waals surface area contributed by atoms with Gasteiger partial charge in [0, 0.05) is 20.3 Å². The van der Waals surface area contributed by atoms with E-state index in [0.29, 0.717) is 0 Å². The Balaban J connectivity index is 2.52. The smallest absolute Gasteiger partial charge is 0.208 e. The Morgan fingerprint density at radius 3 is 2.73 bits per heavy atom. The average molecular weight is 147 g/mol. The van der Waals surface area contributed by atoms with Crippen LogP contribution in [0.5, 0.6) is 0 Å². The summed E-state index contributed by atoms with van der Waals surface area (Å²) in [6, 6.07) is 1.98. The van der Waals surface area contributed by atoms with Gasteiger partial charge in [-0.15, -0.1) is 0 Å². The van der Waals surface area contributed by atoms with Gasteiger partial charge in [-0.05, 0) is 6.07 Å². The summed E-state index contributed by atoms with van der Waals surface area (Å²) in [7, 11) is 3.94. The molecule has 2 heterocycles. The number of rotatable bonds is 0. The summed E-state index contributed by atoms with van der Waals surface area (Å²) in [5, 5.41) is 0. The van der Waals surface area contributed by atoms with E-state index in [0.717, 1.165) is 11.4 Å². The monoisotopic (exact) mass is 147 g/mol. The van der Waals surface area contributed by atoms with Crippen LogP contribution in [0.2, 0.25) is 0 Å². The highest BCUT2D eigenvalue weighted by atomic mass is 15.3. The Labute approximate surface area is 66.3 Å². The Morgan fingerprint density at radius 2 is 2.00 bits per heavy atom. The lowest BCUT2D eigenvalue weighted by molar-refractivity contribution is 1.04. The van der Waals surface area contributed by atoms with E-state index < -0.39 is 0 Å². The van der Waals surface area contributed by atoms with Crippen molar-refractivity contribution < 1.29 is 0 Å². The van der Waals surface area contributed by atoms with Crippen LogP contribution in [0.4, 0.5) is 11.4 Å². The largest absolute Gasteiger partial charge is 0.343 e. The first kappa shape index (κ1) is 6.46.